The highest BCUT2D eigenvalue weighted by atomic mass is 35.5. The zero-order chi connectivity index (χ0) is 16.7. The fraction of sp³-hybridized carbons (Fsp3) is 0.529. The zero-order valence-corrected chi connectivity index (χ0v) is 14.9. The molecule has 1 atom stereocenters. The average Bonchev–Trinajstić information content (AvgIpc) is 3.35. The number of amides is 2. The van der Waals surface area contributed by atoms with E-state index in [4.69, 9.17) is 4.74 Å². The minimum Gasteiger partial charge on any atom is -0.484 e. The van der Waals surface area contributed by atoms with Crippen LogP contribution in [-0.2, 0) is 9.59 Å². The van der Waals surface area contributed by atoms with Gasteiger partial charge in [-0.05, 0) is 44.5 Å². The Balaban J connectivity index is 0.00000288. The predicted octanol–water partition coefficient (Wildman–Crippen LogP) is 1.55. The summed E-state index contributed by atoms with van der Waals surface area (Å²) in [5, 5.41) is 8.77. The third kappa shape index (κ3) is 7.19. The minimum atomic E-state index is -0.0817. The summed E-state index contributed by atoms with van der Waals surface area (Å²) in [5.41, 5.74) is 0.998. The summed E-state index contributed by atoms with van der Waals surface area (Å²) in [5.74, 6) is 0.582. The number of hydrogen-bond acceptors (Lipinski definition) is 4. The molecule has 1 unspecified atom stereocenters. The summed E-state index contributed by atoms with van der Waals surface area (Å²) in [6, 6.07) is 7.72. The Bertz CT molecular complexity index is 532. The molecule has 0 aromatic heterocycles. The highest BCUT2D eigenvalue weighted by Gasteiger charge is 2.23. The Morgan fingerprint density at radius 3 is 2.46 bits per heavy atom. The molecule has 1 aliphatic carbocycles. The predicted molar refractivity (Wildman–Crippen MR) is 95.5 cm³/mol. The number of carbonyl (C=O) groups excluding carboxylic acids is 2. The molecule has 1 aromatic carbocycles. The van der Waals surface area contributed by atoms with Gasteiger partial charge in [-0.3, -0.25) is 9.59 Å². The number of hydrogen-bond donors (Lipinski definition) is 3. The molecule has 2 rings (SSSR count). The van der Waals surface area contributed by atoms with Crippen molar-refractivity contribution in [1.82, 2.24) is 16.0 Å². The van der Waals surface area contributed by atoms with Crippen molar-refractivity contribution in [2.75, 3.05) is 20.2 Å². The third-order valence-electron chi connectivity index (χ3n) is 3.67. The van der Waals surface area contributed by atoms with Gasteiger partial charge in [0.15, 0.2) is 6.61 Å². The highest BCUT2D eigenvalue weighted by molar-refractivity contribution is 5.85. The standard InChI is InChI=1S/C17H25N3O3.ClH/c1-12(19-16(21)9-10-18-2)13-3-7-15(8-4-13)23-11-17(22)20-14-5-6-14;/h3-4,7-8,12,14,18H,5-6,9-11H2,1-2H3,(H,19,21)(H,20,22);1H. The molecule has 1 fully saturated rings. The third-order valence-corrected chi connectivity index (χ3v) is 3.67. The van der Waals surface area contributed by atoms with Gasteiger partial charge in [0.25, 0.3) is 5.91 Å². The molecule has 134 valence electrons. The molecule has 7 heteroatoms. The second kappa shape index (κ2) is 10.2. The summed E-state index contributed by atoms with van der Waals surface area (Å²) >= 11 is 0. The summed E-state index contributed by atoms with van der Waals surface area (Å²) in [6.45, 7) is 2.64. The van der Waals surface area contributed by atoms with Crippen LogP contribution in [0.1, 0.15) is 37.8 Å². The smallest absolute Gasteiger partial charge is 0.258 e. The van der Waals surface area contributed by atoms with E-state index in [2.05, 4.69) is 16.0 Å². The van der Waals surface area contributed by atoms with Crippen molar-refractivity contribution in [3.63, 3.8) is 0 Å². The second-order valence-electron chi connectivity index (χ2n) is 5.84. The van der Waals surface area contributed by atoms with E-state index in [1.54, 1.807) is 0 Å². The topological polar surface area (TPSA) is 79.5 Å². The van der Waals surface area contributed by atoms with Crippen molar-refractivity contribution in [2.45, 2.75) is 38.3 Å². The van der Waals surface area contributed by atoms with E-state index in [-0.39, 0.29) is 36.9 Å². The lowest BCUT2D eigenvalue weighted by Crippen LogP contribution is -2.30. The first-order chi connectivity index (χ1) is 11.1. The van der Waals surface area contributed by atoms with Crippen molar-refractivity contribution in [3.8, 4) is 5.75 Å². The van der Waals surface area contributed by atoms with E-state index >= 15 is 0 Å². The van der Waals surface area contributed by atoms with Crippen molar-refractivity contribution in [3.05, 3.63) is 29.8 Å². The molecule has 24 heavy (non-hydrogen) atoms. The number of benzene rings is 1. The Hall–Kier alpha value is -1.79. The van der Waals surface area contributed by atoms with E-state index in [0.717, 1.165) is 18.4 Å². The maximum absolute atomic E-state index is 11.7. The fourth-order valence-electron chi connectivity index (χ4n) is 2.13. The first-order valence-corrected chi connectivity index (χ1v) is 8.04. The van der Waals surface area contributed by atoms with Crippen LogP contribution >= 0.6 is 12.4 Å². The van der Waals surface area contributed by atoms with Gasteiger partial charge >= 0.3 is 0 Å². The first kappa shape index (κ1) is 20.3. The molecule has 0 saturated heterocycles. The molecule has 0 spiro atoms. The van der Waals surface area contributed by atoms with Crippen LogP contribution in [0.2, 0.25) is 0 Å². The van der Waals surface area contributed by atoms with E-state index in [1.807, 2.05) is 38.2 Å². The second-order valence-corrected chi connectivity index (χ2v) is 5.84. The summed E-state index contributed by atoms with van der Waals surface area (Å²) in [6.07, 6.45) is 2.59. The van der Waals surface area contributed by atoms with Crippen LogP contribution in [0.5, 0.6) is 5.75 Å². The summed E-state index contributed by atoms with van der Waals surface area (Å²) in [4.78, 5) is 23.3. The van der Waals surface area contributed by atoms with Gasteiger partial charge in [-0.2, -0.15) is 0 Å². The number of carbonyl (C=O) groups is 2. The molecule has 0 aliphatic heterocycles. The van der Waals surface area contributed by atoms with Crippen molar-refractivity contribution >= 4 is 24.2 Å². The van der Waals surface area contributed by atoms with Crippen molar-refractivity contribution in [1.29, 1.82) is 0 Å². The maximum atomic E-state index is 11.7. The van der Waals surface area contributed by atoms with E-state index in [0.29, 0.717) is 24.8 Å². The van der Waals surface area contributed by atoms with Gasteiger partial charge in [0.1, 0.15) is 5.75 Å². The molecule has 0 heterocycles. The molecule has 1 saturated carbocycles. The first-order valence-electron chi connectivity index (χ1n) is 8.04. The van der Waals surface area contributed by atoms with Gasteiger partial charge in [0, 0.05) is 19.0 Å². The van der Waals surface area contributed by atoms with Crippen LogP contribution in [0.15, 0.2) is 24.3 Å². The number of nitrogens with one attached hydrogen (secondary N) is 3. The summed E-state index contributed by atoms with van der Waals surface area (Å²) < 4.78 is 5.46. The van der Waals surface area contributed by atoms with Crippen LogP contribution in [0.25, 0.3) is 0 Å². The van der Waals surface area contributed by atoms with E-state index in [9.17, 15) is 9.59 Å². The molecule has 6 nitrogen and oxygen atoms in total. The number of halogens is 1. The van der Waals surface area contributed by atoms with Gasteiger partial charge in [-0.15, -0.1) is 12.4 Å². The highest BCUT2D eigenvalue weighted by Crippen LogP contribution is 2.19. The van der Waals surface area contributed by atoms with Crippen LogP contribution in [0, 0.1) is 0 Å². The van der Waals surface area contributed by atoms with Gasteiger partial charge in [0.05, 0.1) is 6.04 Å². The Labute approximate surface area is 149 Å². The summed E-state index contributed by atoms with van der Waals surface area (Å²) in [7, 11) is 1.82. The molecular formula is C17H26ClN3O3. The van der Waals surface area contributed by atoms with E-state index < -0.39 is 0 Å². The lowest BCUT2D eigenvalue weighted by Gasteiger charge is -2.15. The molecule has 0 bridgehead atoms. The van der Waals surface area contributed by atoms with E-state index in [1.165, 1.54) is 0 Å². The van der Waals surface area contributed by atoms with Gasteiger partial charge in [0.2, 0.25) is 5.91 Å². The minimum absolute atomic E-state index is 0. The Morgan fingerprint density at radius 2 is 1.88 bits per heavy atom. The van der Waals surface area contributed by atoms with Crippen molar-refractivity contribution in [2.24, 2.45) is 0 Å². The Morgan fingerprint density at radius 1 is 1.21 bits per heavy atom. The number of rotatable bonds is 9. The normalized spacial score (nSPS) is 14.2. The van der Waals surface area contributed by atoms with Gasteiger partial charge in [-0.25, -0.2) is 0 Å². The molecule has 2 amide bonds. The molecule has 1 aliphatic rings. The van der Waals surface area contributed by atoms with Crippen molar-refractivity contribution < 1.29 is 14.3 Å². The molecule has 0 radical (unpaired) electrons. The largest absolute Gasteiger partial charge is 0.484 e. The van der Waals surface area contributed by atoms with Crippen LogP contribution in [0.3, 0.4) is 0 Å². The monoisotopic (exact) mass is 355 g/mol. The van der Waals surface area contributed by atoms with Crippen LogP contribution in [-0.4, -0.2) is 38.1 Å². The van der Waals surface area contributed by atoms with Gasteiger partial charge in [-0.1, -0.05) is 12.1 Å². The lowest BCUT2D eigenvalue weighted by atomic mass is 10.1. The number of ether oxygens (including phenoxy) is 1. The molecule has 1 aromatic rings. The molecular weight excluding hydrogens is 330 g/mol. The Kier molecular flexibility index (Phi) is 8.57. The fourth-order valence-corrected chi connectivity index (χ4v) is 2.13. The maximum Gasteiger partial charge on any atom is 0.258 e. The zero-order valence-electron chi connectivity index (χ0n) is 14.1. The van der Waals surface area contributed by atoms with Crippen LogP contribution < -0.4 is 20.7 Å². The van der Waals surface area contributed by atoms with Crippen LogP contribution in [0.4, 0.5) is 0 Å². The average molecular weight is 356 g/mol. The SMILES string of the molecule is CNCCC(=O)NC(C)c1ccc(OCC(=O)NC2CC2)cc1.Cl. The lowest BCUT2D eigenvalue weighted by molar-refractivity contribution is -0.123. The molecule has 3 N–H and O–H groups in total. The quantitative estimate of drug-likeness (QED) is 0.628. The van der Waals surface area contributed by atoms with Gasteiger partial charge < -0.3 is 20.7 Å².